The highest BCUT2D eigenvalue weighted by Crippen LogP contribution is 2.54. The van der Waals surface area contributed by atoms with E-state index >= 15 is 8.78 Å². The molecule has 0 radical (unpaired) electrons. The molecule has 2 heteroatoms. The molecule has 0 fully saturated rings. The average Bonchev–Trinajstić information content (AvgIpc) is 3.23. The van der Waals surface area contributed by atoms with E-state index in [1.807, 2.05) is 60.7 Å². The summed E-state index contributed by atoms with van der Waals surface area (Å²) in [6.45, 7) is 0. The Bertz CT molecular complexity index is 1230. The Hall–Kier alpha value is -3.52. The number of halogens is 2. The van der Waals surface area contributed by atoms with Crippen molar-refractivity contribution in [3.63, 3.8) is 0 Å². The van der Waals surface area contributed by atoms with E-state index in [1.54, 1.807) is 12.1 Å². The van der Waals surface area contributed by atoms with Crippen LogP contribution in [0, 0.1) is 11.6 Å². The van der Waals surface area contributed by atoms with Gasteiger partial charge in [-0.05, 0) is 45.5 Å². The van der Waals surface area contributed by atoms with Gasteiger partial charge in [-0.15, -0.1) is 0 Å². The molecule has 0 nitrogen and oxygen atoms in total. The molecule has 0 unspecified atom stereocenters. The molecule has 0 saturated carbocycles. The molecule has 0 aliphatic heterocycles. The van der Waals surface area contributed by atoms with Crippen LogP contribution in [0.15, 0.2) is 84.9 Å². The summed E-state index contributed by atoms with van der Waals surface area (Å²) < 4.78 is 30.2. The molecule has 2 aliphatic carbocycles. The van der Waals surface area contributed by atoms with Crippen molar-refractivity contribution in [2.24, 2.45) is 0 Å². The van der Waals surface area contributed by atoms with Gasteiger partial charge in [-0.25, -0.2) is 8.78 Å². The van der Waals surface area contributed by atoms with Crippen LogP contribution < -0.4 is 0 Å². The highest BCUT2D eigenvalue weighted by Gasteiger charge is 2.34. The molecular weight excluding hydrogens is 350 g/mol. The van der Waals surface area contributed by atoms with Gasteiger partial charge in [0.1, 0.15) is 11.6 Å². The van der Waals surface area contributed by atoms with E-state index in [-0.39, 0.29) is 11.6 Å². The third kappa shape index (κ3) is 1.87. The largest absolute Gasteiger partial charge is 0.206 e. The molecule has 0 amide bonds. The number of hydrogen-bond acceptors (Lipinski definition) is 0. The Morgan fingerprint density at radius 3 is 1.14 bits per heavy atom. The lowest BCUT2D eigenvalue weighted by atomic mass is 9.91. The van der Waals surface area contributed by atoms with Gasteiger partial charge in [-0.1, -0.05) is 72.8 Å². The number of hydrogen-bond donors (Lipinski definition) is 0. The lowest BCUT2D eigenvalue weighted by Crippen LogP contribution is -1.95. The summed E-state index contributed by atoms with van der Waals surface area (Å²) in [5.74, 6) is -0.558. The van der Waals surface area contributed by atoms with Crippen molar-refractivity contribution in [2.45, 2.75) is 0 Å². The lowest BCUT2D eigenvalue weighted by molar-refractivity contribution is 0.623. The van der Waals surface area contributed by atoms with Crippen LogP contribution in [-0.4, -0.2) is 0 Å². The number of fused-ring (bicyclic) bond motifs is 6. The minimum Gasteiger partial charge on any atom is -0.206 e. The summed E-state index contributed by atoms with van der Waals surface area (Å²) in [5, 5.41) is 0. The molecule has 4 aromatic rings. The Kier molecular flexibility index (Phi) is 3.05. The van der Waals surface area contributed by atoms with E-state index in [0.717, 1.165) is 44.5 Å². The molecule has 0 heterocycles. The van der Waals surface area contributed by atoms with E-state index < -0.39 is 0 Å². The second-order valence-corrected chi connectivity index (χ2v) is 7.17. The van der Waals surface area contributed by atoms with E-state index in [9.17, 15) is 0 Å². The van der Waals surface area contributed by atoms with Gasteiger partial charge in [0.2, 0.25) is 0 Å². The maximum absolute atomic E-state index is 15.1. The molecular formula is C26H14F2. The molecule has 0 saturated heterocycles. The van der Waals surface area contributed by atoms with Gasteiger partial charge in [-0.3, -0.25) is 0 Å². The topological polar surface area (TPSA) is 0 Å². The Labute approximate surface area is 161 Å². The van der Waals surface area contributed by atoms with Gasteiger partial charge < -0.3 is 0 Å². The molecule has 4 aromatic carbocycles. The number of rotatable bonds is 0. The molecule has 0 spiro atoms. The van der Waals surface area contributed by atoms with Crippen molar-refractivity contribution in [3.05, 3.63) is 119 Å². The maximum Gasteiger partial charge on any atom is 0.131 e. The highest BCUT2D eigenvalue weighted by molar-refractivity contribution is 6.18. The van der Waals surface area contributed by atoms with Crippen LogP contribution in [0.4, 0.5) is 8.78 Å². The zero-order valence-electron chi connectivity index (χ0n) is 14.8. The van der Waals surface area contributed by atoms with Crippen molar-refractivity contribution >= 4 is 11.1 Å². The van der Waals surface area contributed by atoms with Crippen LogP contribution in [0.2, 0.25) is 0 Å². The van der Waals surface area contributed by atoms with Crippen LogP contribution in [0.3, 0.4) is 0 Å². The molecule has 2 aliphatic rings. The van der Waals surface area contributed by atoms with E-state index in [4.69, 9.17) is 0 Å². The van der Waals surface area contributed by atoms with Crippen LogP contribution in [0.5, 0.6) is 0 Å². The second-order valence-electron chi connectivity index (χ2n) is 7.17. The highest BCUT2D eigenvalue weighted by atomic mass is 19.1. The quantitative estimate of drug-likeness (QED) is 0.274. The van der Waals surface area contributed by atoms with Gasteiger partial charge in [-0.2, -0.15) is 0 Å². The minimum atomic E-state index is -0.279. The molecule has 0 aromatic heterocycles. The third-order valence-electron chi connectivity index (χ3n) is 5.75. The van der Waals surface area contributed by atoms with Gasteiger partial charge in [0.05, 0.1) is 0 Å². The Morgan fingerprint density at radius 1 is 0.357 bits per heavy atom. The maximum atomic E-state index is 15.1. The third-order valence-corrected chi connectivity index (χ3v) is 5.75. The van der Waals surface area contributed by atoms with Crippen molar-refractivity contribution in [2.75, 3.05) is 0 Å². The lowest BCUT2D eigenvalue weighted by Gasteiger charge is -2.12. The molecule has 0 N–H and O–H groups in total. The van der Waals surface area contributed by atoms with Crippen LogP contribution in [0.1, 0.15) is 22.3 Å². The van der Waals surface area contributed by atoms with Gasteiger partial charge in [0, 0.05) is 22.3 Å². The fourth-order valence-electron chi connectivity index (χ4n) is 4.67. The summed E-state index contributed by atoms with van der Waals surface area (Å²) in [4.78, 5) is 0. The predicted molar refractivity (Wildman–Crippen MR) is 109 cm³/mol. The molecule has 28 heavy (non-hydrogen) atoms. The summed E-state index contributed by atoms with van der Waals surface area (Å²) in [6, 6.07) is 26.1. The molecule has 6 rings (SSSR count). The van der Waals surface area contributed by atoms with E-state index in [2.05, 4.69) is 0 Å². The first-order valence-electron chi connectivity index (χ1n) is 9.27. The Balaban J connectivity index is 1.85. The molecule has 0 atom stereocenters. The smallest absolute Gasteiger partial charge is 0.131 e. The Morgan fingerprint density at radius 2 is 0.714 bits per heavy atom. The van der Waals surface area contributed by atoms with Gasteiger partial charge in [0.25, 0.3) is 0 Å². The summed E-state index contributed by atoms with van der Waals surface area (Å²) in [7, 11) is 0. The summed E-state index contributed by atoms with van der Waals surface area (Å²) in [5.41, 5.74) is 8.27. The average molecular weight is 364 g/mol. The normalized spacial score (nSPS) is 15.8. The van der Waals surface area contributed by atoms with Gasteiger partial charge >= 0.3 is 0 Å². The summed E-state index contributed by atoms with van der Waals surface area (Å²) in [6.07, 6.45) is 0. The van der Waals surface area contributed by atoms with Crippen LogP contribution in [0.25, 0.3) is 33.4 Å². The fraction of sp³-hybridized carbons (Fsp3) is 0. The predicted octanol–water partition coefficient (Wildman–Crippen LogP) is 6.93. The van der Waals surface area contributed by atoms with E-state index in [1.165, 1.54) is 12.1 Å². The standard InChI is InChI=1S/C26H14F2/c27-21-13-5-11-17-15-7-1-3-9-19(15)25(23(17)21)26-20-10-4-2-8-16(20)18-12-6-14-22(28)24(18)26/h1-14H/b26-25+. The zero-order chi connectivity index (χ0) is 18.8. The fourth-order valence-corrected chi connectivity index (χ4v) is 4.67. The van der Waals surface area contributed by atoms with Crippen LogP contribution in [-0.2, 0) is 0 Å². The van der Waals surface area contributed by atoms with Crippen molar-refractivity contribution in [1.82, 2.24) is 0 Å². The monoisotopic (exact) mass is 364 g/mol. The first-order chi connectivity index (χ1) is 13.8. The van der Waals surface area contributed by atoms with Crippen LogP contribution >= 0.6 is 0 Å². The summed E-state index contributed by atoms with van der Waals surface area (Å²) >= 11 is 0. The molecule has 0 bridgehead atoms. The van der Waals surface area contributed by atoms with Crippen molar-refractivity contribution in [3.8, 4) is 22.3 Å². The SMILES string of the molecule is Fc1cccc2c1/C(=C1\c3ccccc3-c3cccc(F)c31)c1ccccc1-2. The van der Waals surface area contributed by atoms with Crippen molar-refractivity contribution in [1.29, 1.82) is 0 Å². The molecule has 132 valence electrons. The second kappa shape index (κ2) is 5.49. The zero-order valence-corrected chi connectivity index (χ0v) is 14.8. The number of benzene rings is 4. The first-order valence-corrected chi connectivity index (χ1v) is 9.27. The van der Waals surface area contributed by atoms with E-state index in [0.29, 0.717) is 11.1 Å². The minimum absolute atomic E-state index is 0.279. The van der Waals surface area contributed by atoms with Crippen molar-refractivity contribution < 1.29 is 8.78 Å². The first kappa shape index (κ1) is 15.5. The van der Waals surface area contributed by atoms with Gasteiger partial charge in [0.15, 0.2) is 0 Å².